The van der Waals surface area contributed by atoms with E-state index in [9.17, 15) is 14.4 Å². The van der Waals surface area contributed by atoms with E-state index in [1.165, 1.54) is 13.2 Å². The van der Waals surface area contributed by atoms with E-state index >= 15 is 0 Å². The molecule has 1 atom stereocenters. The highest BCUT2D eigenvalue weighted by Crippen LogP contribution is 2.20. The number of rotatable bonds is 3. The lowest BCUT2D eigenvalue weighted by Gasteiger charge is -2.31. The van der Waals surface area contributed by atoms with Crippen LogP contribution in [0.15, 0.2) is 24.3 Å². The number of methoxy groups -OCH3 is 1. The first-order chi connectivity index (χ1) is 10.0. The van der Waals surface area contributed by atoms with Gasteiger partial charge in [0.25, 0.3) is 5.91 Å². The summed E-state index contributed by atoms with van der Waals surface area (Å²) in [4.78, 5) is 36.8. The standard InChI is InChI=1S/C15H18N2O4/c1-21-15(20)12-6-3-7-17(9-12)14(19)11-5-2-4-10(8-11)13(16)18/h2,4-5,8,12H,3,6-7,9H2,1H3,(H2,16,18)/t12-/m0/s1. The Hall–Kier alpha value is -2.37. The summed E-state index contributed by atoms with van der Waals surface area (Å²) in [5, 5.41) is 0. The van der Waals surface area contributed by atoms with Gasteiger partial charge in [-0.3, -0.25) is 14.4 Å². The molecule has 2 rings (SSSR count). The van der Waals surface area contributed by atoms with E-state index in [-0.39, 0.29) is 17.8 Å². The lowest BCUT2D eigenvalue weighted by Crippen LogP contribution is -2.42. The Labute approximate surface area is 122 Å². The molecule has 0 bridgehead atoms. The van der Waals surface area contributed by atoms with Gasteiger partial charge >= 0.3 is 5.97 Å². The van der Waals surface area contributed by atoms with Crippen molar-refractivity contribution in [2.24, 2.45) is 11.7 Å². The van der Waals surface area contributed by atoms with Crippen LogP contribution >= 0.6 is 0 Å². The zero-order valence-electron chi connectivity index (χ0n) is 11.9. The molecule has 112 valence electrons. The van der Waals surface area contributed by atoms with Crippen LogP contribution < -0.4 is 5.73 Å². The molecule has 0 radical (unpaired) electrons. The fourth-order valence-corrected chi connectivity index (χ4v) is 2.51. The van der Waals surface area contributed by atoms with Crippen LogP contribution in [-0.4, -0.2) is 42.9 Å². The first kappa shape index (κ1) is 15.0. The molecule has 1 aromatic carbocycles. The van der Waals surface area contributed by atoms with Crippen molar-refractivity contribution in [1.82, 2.24) is 4.90 Å². The molecule has 0 saturated carbocycles. The van der Waals surface area contributed by atoms with Crippen molar-refractivity contribution in [1.29, 1.82) is 0 Å². The smallest absolute Gasteiger partial charge is 0.310 e. The number of ether oxygens (including phenoxy) is 1. The fourth-order valence-electron chi connectivity index (χ4n) is 2.51. The highest BCUT2D eigenvalue weighted by Gasteiger charge is 2.29. The Morgan fingerprint density at radius 3 is 2.67 bits per heavy atom. The fraction of sp³-hybridized carbons (Fsp3) is 0.400. The van der Waals surface area contributed by atoms with E-state index in [1.807, 2.05) is 0 Å². The highest BCUT2D eigenvalue weighted by molar-refractivity contribution is 5.99. The van der Waals surface area contributed by atoms with E-state index in [4.69, 9.17) is 10.5 Å². The van der Waals surface area contributed by atoms with Crippen LogP contribution in [0.4, 0.5) is 0 Å². The molecule has 0 aliphatic carbocycles. The number of hydrogen-bond acceptors (Lipinski definition) is 4. The average molecular weight is 290 g/mol. The number of primary amides is 1. The van der Waals surface area contributed by atoms with Crippen molar-refractivity contribution >= 4 is 17.8 Å². The number of amides is 2. The third kappa shape index (κ3) is 3.39. The van der Waals surface area contributed by atoms with Crippen molar-refractivity contribution in [3.8, 4) is 0 Å². The zero-order chi connectivity index (χ0) is 15.4. The van der Waals surface area contributed by atoms with Crippen molar-refractivity contribution in [3.63, 3.8) is 0 Å². The van der Waals surface area contributed by atoms with Gasteiger partial charge in [0.2, 0.25) is 5.91 Å². The first-order valence-corrected chi connectivity index (χ1v) is 6.80. The molecule has 21 heavy (non-hydrogen) atoms. The topological polar surface area (TPSA) is 89.7 Å². The molecule has 0 unspecified atom stereocenters. The maximum absolute atomic E-state index is 12.5. The number of nitrogens with zero attached hydrogens (tertiary/aromatic N) is 1. The van der Waals surface area contributed by atoms with Gasteiger partial charge in [0.1, 0.15) is 0 Å². The number of benzene rings is 1. The number of carbonyl (C=O) groups is 3. The monoisotopic (exact) mass is 290 g/mol. The maximum atomic E-state index is 12.5. The summed E-state index contributed by atoms with van der Waals surface area (Å²) in [7, 11) is 1.35. The van der Waals surface area contributed by atoms with E-state index < -0.39 is 5.91 Å². The Morgan fingerprint density at radius 2 is 2.00 bits per heavy atom. The number of likely N-dealkylation sites (tertiary alicyclic amines) is 1. The Bertz CT molecular complexity index is 571. The second kappa shape index (κ2) is 6.39. The number of carbonyl (C=O) groups excluding carboxylic acids is 3. The van der Waals surface area contributed by atoms with Gasteiger partial charge in [-0.1, -0.05) is 6.07 Å². The van der Waals surface area contributed by atoms with Gasteiger partial charge in [-0.05, 0) is 31.0 Å². The minimum absolute atomic E-state index is 0.202. The van der Waals surface area contributed by atoms with Crippen molar-refractivity contribution in [2.45, 2.75) is 12.8 Å². The summed E-state index contributed by atoms with van der Waals surface area (Å²) < 4.78 is 4.74. The third-order valence-electron chi connectivity index (χ3n) is 3.64. The Balaban J connectivity index is 2.14. The molecule has 2 N–H and O–H groups in total. The second-order valence-corrected chi connectivity index (χ2v) is 5.06. The lowest BCUT2D eigenvalue weighted by molar-refractivity contribution is -0.146. The summed E-state index contributed by atoms with van der Waals surface area (Å²) in [6.45, 7) is 0.930. The minimum atomic E-state index is -0.573. The summed E-state index contributed by atoms with van der Waals surface area (Å²) in [6, 6.07) is 6.30. The van der Waals surface area contributed by atoms with E-state index in [1.54, 1.807) is 23.1 Å². The largest absolute Gasteiger partial charge is 0.469 e. The van der Waals surface area contributed by atoms with Crippen molar-refractivity contribution < 1.29 is 19.1 Å². The number of piperidine rings is 1. The molecule has 1 heterocycles. The number of nitrogens with two attached hydrogens (primary N) is 1. The van der Waals surface area contributed by atoms with Gasteiger partial charge in [0.15, 0.2) is 0 Å². The normalized spacial score (nSPS) is 18.1. The van der Waals surface area contributed by atoms with Gasteiger partial charge in [0, 0.05) is 24.2 Å². The molecular weight excluding hydrogens is 272 g/mol. The van der Waals surface area contributed by atoms with Crippen LogP contribution in [0.2, 0.25) is 0 Å². The Morgan fingerprint density at radius 1 is 1.29 bits per heavy atom. The number of hydrogen-bond donors (Lipinski definition) is 1. The van der Waals surface area contributed by atoms with Gasteiger partial charge in [-0.25, -0.2) is 0 Å². The molecule has 1 fully saturated rings. The minimum Gasteiger partial charge on any atom is -0.469 e. The molecule has 0 aromatic heterocycles. The van der Waals surface area contributed by atoms with Gasteiger partial charge in [0.05, 0.1) is 13.0 Å². The van der Waals surface area contributed by atoms with E-state index in [0.717, 1.165) is 12.8 Å². The summed E-state index contributed by atoms with van der Waals surface area (Å²) in [6.07, 6.45) is 1.47. The molecular formula is C15H18N2O4. The predicted molar refractivity (Wildman–Crippen MR) is 75.6 cm³/mol. The quantitative estimate of drug-likeness (QED) is 0.834. The lowest BCUT2D eigenvalue weighted by atomic mass is 9.97. The molecule has 1 aliphatic rings. The van der Waals surface area contributed by atoms with Crippen LogP contribution in [0.5, 0.6) is 0 Å². The predicted octanol–water partition coefficient (Wildman–Crippen LogP) is 0.811. The van der Waals surface area contributed by atoms with Gasteiger partial charge in [-0.2, -0.15) is 0 Å². The van der Waals surface area contributed by atoms with Crippen LogP contribution in [-0.2, 0) is 9.53 Å². The maximum Gasteiger partial charge on any atom is 0.310 e. The Kier molecular flexibility index (Phi) is 4.57. The first-order valence-electron chi connectivity index (χ1n) is 6.80. The van der Waals surface area contributed by atoms with E-state index in [2.05, 4.69) is 0 Å². The molecule has 2 amide bonds. The molecule has 1 saturated heterocycles. The van der Waals surface area contributed by atoms with Gasteiger partial charge in [-0.15, -0.1) is 0 Å². The van der Waals surface area contributed by atoms with Crippen LogP contribution in [0, 0.1) is 5.92 Å². The number of esters is 1. The summed E-state index contributed by atoms with van der Waals surface area (Å²) >= 11 is 0. The SMILES string of the molecule is COC(=O)[C@H]1CCCN(C(=O)c2cccc(C(N)=O)c2)C1. The van der Waals surface area contributed by atoms with Crippen LogP contribution in [0.3, 0.4) is 0 Å². The molecule has 1 aliphatic heterocycles. The second-order valence-electron chi connectivity index (χ2n) is 5.06. The molecule has 6 heteroatoms. The summed E-state index contributed by atoms with van der Waals surface area (Å²) in [5.74, 6) is -1.35. The van der Waals surface area contributed by atoms with Gasteiger partial charge < -0.3 is 15.4 Å². The van der Waals surface area contributed by atoms with Crippen molar-refractivity contribution in [2.75, 3.05) is 20.2 Å². The third-order valence-corrected chi connectivity index (χ3v) is 3.64. The van der Waals surface area contributed by atoms with Crippen LogP contribution in [0.25, 0.3) is 0 Å². The zero-order valence-corrected chi connectivity index (χ0v) is 11.9. The summed E-state index contributed by atoms with van der Waals surface area (Å²) in [5.41, 5.74) is 5.91. The molecule has 1 aromatic rings. The van der Waals surface area contributed by atoms with Crippen LogP contribution in [0.1, 0.15) is 33.6 Å². The average Bonchev–Trinajstić information content (AvgIpc) is 2.53. The molecule has 6 nitrogen and oxygen atoms in total. The van der Waals surface area contributed by atoms with E-state index in [0.29, 0.717) is 24.2 Å². The highest BCUT2D eigenvalue weighted by atomic mass is 16.5. The molecule has 0 spiro atoms. The van der Waals surface area contributed by atoms with Crippen molar-refractivity contribution in [3.05, 3.63) is 35.4 Å².